The Balaban J connectivity index is 1.50. The second-order valence-electron chi connectivity index (χ2n) is 8.47. The van der Waals surface area contributed by atoms with Gasteiger partial charge in [0.05, 0.1) is 17.2 Å². The zero-order chi connectivity index (χ0) is 23.2. The summed E-state index contributed by atoms with van der Waals surface area (Å²) in [6.07, 6.45) is 11.1. The van der Waals surface area contributed by atoms with Gasteiger partial charge in [0.1, 0.15) is 12.4 Å². The molecule has 1 N–H and O–H groups in total. The fraction of sp³-hybridized carbons (Fsp3) is 0.160. The number of aromatic nitrogens is 8. The van der Waals surface area contributed by atoms with Crippen LogP contribution in [0.5, 0.6) is 0 Å². The summed E-state index contributed by atoms with van der Waals surface area (Å²) in [5.74, 6) is 0.791. The predicted molar refractivity (Wildman–Crippen MR) is 131 cm³/mol. The van der Waals surface area contributed by atoms with Gasteiger partial charge >= 0.3 is 0 Å². The Morgan fingerprint density at radius 2 is 1.82 bits per heavy atom. The Morgan fingerprint density at radius 3 is 2.62 bits per heavy atom. The molecule has 0 saturated heterocycles. The van der Waals surface area contributed by atoms with Crippen molar-refractivity contribution in [2.75, 3.05) is 5.32 Å². The van der Waals surface area contributed by atoms with Gasteiger partial charge in [0, 0.05) is 68.3 Å². The van der Waals surface area contributed by atoms with Crippen LogP contribution in [0.2, 0.25) is 0 Å². The van der Waals surface area contributed by atoms with E-state index >= 15 is 0 Å². The molecule has 34 heavy (non-hydrogen) atoms. The van der Waals surface area contributed by atoms with Gasteiger partial charge < -0.3 is 14.5 Å². The zero-order valence-electron chi connectivity index (χ0n) is 19.1. The molecule has 0 aliphatic rings. The molecule has 0 spiro atoms. The first kappa shape index (κ1) is 20.1. The molecule has 4 aromatic heterocycles. The van der Waals surface area contributed by atoms with Gasteiger partial charge in [0.2, 0.25) is 0 Å². The van der Waals surface area contributed by atoms with Crippen molar-refractivity contribution in [1.29, 1.82) is 0 Å². The number of anilines is 1. The fourth-order valence-electron chi connectivity index (χ4n) is 4.41. The minimum atomic E-state index is -0.237. The van der Waals surface area contributed by atoms with Gasteiger partial charge in [-0.3, -0.25) is 14.6 Å². The second kappa shape index (κ2) is 7.80. The number of nitrogens with zero attached hydrogens (tertiary/aromatic N) is 8. The lowest BCUT2D eigenvalue weighted by atomic mass is 10.0. The van der Waals surface area contributed by atoms with E-state index < -0.39 is 0 Å². The SMILES string of the molecule is Cn1cc(C(Nc2cc(-c3ccc4ccn(C)c4c3)c3nccnc3c2)c2nncn2C)cn1. The molecule has 9 nitrogen and oxygen atoms in total. The number of rotatable bonds is 5. The number of benzene rings is 2. The van der Waals surface area contributed by atoms with E-state index in [0.717, 1.165) is 39.2 Å². The third-order valence-electron chi connectivity index (χ3n) is 6.15. The molecule has 0 aliphatic heterocycles. The summed E-state index contributed by atoms with van der Waals surface area (Å²) in [4.78, 5) is 9.26. The molecular formula is C25H23N9. The van der Waals surface area contributed by atoms with Crippen molar-refractivity contribution < 1.29 is 0 Å². The maximum Gasteiger partial charge on any atom is 0.159 e. The average Bonchev–Trinajstić information content (AvgIpc) is 3.57. The van der Waals surface area contributed by atoms with Gasteiger partial charge in [-0.2, -0.15) is 5.10 Å². The molecule has 1 unspecified atom stereocenters. The lowest BCUT2D eigenvalue weighted by Gasteiger charge is -2.19. The summed E-state index contributed by atoms with van der Waals surface area (Å²) >= 11 is 0. The van der Waals surface area contributed by atoms with Gasteiger partial charge in [-0.25, -0.2) is 0 Å². The van der Waals surface area contributed by atoms with Crippen LogP contribution in [0, 0.1) is 0 Å². The summed E-state index contributed by atoms with van der Waals surface area (Å²) < 4.78 is 5.82. The molecule has 1 atom stereocenters. The summed E-state index contributed by atoms with van der Waals surface area (Å²) in [5.41, 5.74) is 6.84. The van der Waals surface area contributed by atoms with Gasteiger partial charge in [-0.05, 0) is 35.2 Å². The zero-order valence-corrected chi connectivity index (χ0v) is 19.1. The molecule has 0 aliphatic carbocycles. The van der Waals surface area contributed by atoms with Crippen LogP contribution in [0.3, 0.4) is 0 Å². The Hall–Kier alpha value is -4.53. The van der Waals surface area contributed by atoms with Gasteiger partial charge in [0.15, 0.2) is 5.82 Å². The average molecular weight is 450 g/mol. The number of hydrogen-bond acceptors (Lipinski definition) is 6. The highest BCUT2D eigenvalue weighted by molar-refractivity contribution is 5.97. The molecule has 0 amide bonds. The molecule has 0 saturated carbocycles. The van der Waals surface area contributed by atoms with Crippen molar-refractivity contribution in [2.24, 2.45) is 21.1 Å². The van der Waals surface area contributed by atoms with Crippen LogP contribution < -0.4 is 5.32 Å². The number of hydrogen-bond donors (Lipinski definition) is 1. The molecule has 0 bridgehead atoms. The molecule has 168 valence electrons. The van der Waals surface area contributed by atoms with Gasteiger partial charge in [-0.1, -0.05) is 12.1 Å². The highest BCUT2D eigenvalue weighted by Crippen LogP contribution is 2.34. The Kier molecular flexibility index (Phi) is 4.61. The number of aryl methyl sites for hydroxylation is 3. The molecule has 6 aromatic rings. The summed E-state index contributed by atoms with van der Waals surface area (Å²) in [6, 6.07) is 12.5. The van der Waals surface area contributed by atoms with Crippen LogP contribution >= 0.6 is 0 Å². The van der Waals surface area contributed by atoms with Crippen LogP contribution in [-0.2, 0) is 21.1 Å². The number of nitrogens with one attached hydrogen (secondary N) is 1. The monoisotopic (exact) mass is 449 g/mol. The standard InChI is InChI=1S/C25H23N9/c1-32-9-6-16-4-5-17(10-22(16)32)20-11-19(12-21-24(20)27-8-7-26-21)30-23(18-13-29-34(3)14-18)25-31-28-15-33(25)2/h4-15,23,30H,1-3H3. The maximum atomic E-state index is 4.66. The van der Waals surface area contributed by atoms with Crippen molar-refractivity contribution in [3.8, 4) is 11.1 Å². The molecule has 4 heterocycles. The Labute approximate surface area is 195 Å². The Bertz CT molecular complexity index is 1640. The van der Waals surface area contributed by atoms with E-state index in [1.54, 1.807) is 23.4 Å². The molecule has 0 radical (unpaired) electrons. The minimum absolute atomic E-state index is 0.237. The van der Waals surface area contributed by atoms with E-state index in [0.29, 0.717) is 0 Å². The third kappa shape index (κ3) is 3.38. The van der Waals surface area contributed by atoms with E-state index in [-0.39, 0.29) is 6.04 Å². The summed E-state index contributed by atoms with van der Waals surface area (Å²) in [5, 5.41) is 17.7. The van der Waals surface area contributed by atoms with Crippen LogP contribution in [0.15, 0.2) is 73.7 Å². The quantitative estimate of drug-likeness (QED) is 0.430. The van der Waals surface area contributed by atoms with Crippen molar-refractivity contribution in [3.05, 3.63) is 85.1 Å². The molecular weight excluding hydrogens is 426 g/mol. The molecule has 9 heteroatoms. The molecule has 0 fully saturated rings. The maximum absolute atomic E-state index is 4.66. The van der Waals surface area contributed by atoms with Crippen molar-refractivity contribution in [2.45, 2.75) is 6.04 Å². The lowest BCUT2D eigenvalue weighted by molar-refractivity contribution is 0.741. The van der Waals surface area contributed by atoms with E-state index in [2.05, 4.69) is 78.7 Å². The first-order valence-electron chi connectivity index (χ1n) is 11.0. The largest absolute Gasteiger partial charge is 0.371 e. The van der Waals surface area contributed by atoms with Crippen LogP contribution in [0.1, 0.15) is 17.4 Å². The van der Waals surface area contributed by atoms with E-state index in [4.69, 9.17) is 0 Å². The summed E-state index contributed by atoms with van der Waals surface area (Å²) in [6.45, 7) is 0. The first-order valence-corrected chi connectivity index (χ1v) is 11.0. The van der Waals surface area contributed by atoms with Crippen molar-refractivity contribution in [1.82, 2.24) is 39.1 Å². The molecule has 6 rings (SSSR count). The third-order valence-corrected chi connectivity index (χ3v) is 6.15. The smallest absolute Gasteiger partial charge is 0.159 e. The minimum Gasteiger partial charge on any atom is -0.371 e. The van der Waals surface area contributed by atoms with E-state index in [1.165, 1.54) is 10.9 Å². The van der Waals surface area contributed by atoms with E-state index in [9.17, 15) is 0 Å². The predicted octanol–water partition coefficient (Wildman–Crippen LogP) is 3.85. The van der Waals surface area contributed by atoms with Gasteiger partial charge in [-0.15, -0.1) is 10.2 Å². The fourth-order valence-corrected chi connectivity index (χ4v) is 4.41. The number of fused-ring (bicyclic) bond motifs is 2. The van der Waals surface area contributed by atoms with E-state index in [1.807, 2.05) is 37.1 Å². The molecule has 2 aromatic carbocycles. The second-order valence-corrected chi connectivity index (χ2v) is 8.47. The van der Waals surface area contributed by atoms with Crippen LogP contribution in [0.25, 0.3) is 33.1 Å². The highest BCUT2D eigenvalue weighted by atomic mass is 15.3. The van der Waals surface area contributed by atoms with Crippen molar-refractivity contribution in [3.63, 3.8) is 0 Å². The topological polar surface area (TPSA) is 91.3 Å². The van der Waals surface area contributed by atoms with Crippen molar-refractivity contribution >= 4 is 27.6 Å². The Morgan fingerprint density at radius 1 is 0.941 bits per heavy atom. The normalized spacial score (nSPS) is 12.4. The van der Waals surface area contributed by atoms with Gasteiger partial charge in [0.25, 0.3) is 0 Å². The highest BCUT2D eigenvalue weighted by Gasteiger charge is 2.22. The summed E-state index contributed by atoms with van der Waals surface area (Å²) in [7, 11) is 5.90. The van der Waals surface area contributed by atoms with Crippen LogP contribution in [-0.4, -0.2) is 39.1 Å². The lowest BCUT2D eigenvalue weighted by Crippen LogP contribution is -2.16. The first-order chi connectivity index (χ1) is 16.6. The van der Waals surface area contributed by atoms with Crippen LogP contribution in [0.4, 0.5) is 5.69 Å².